The van der Waals surface area contributed by atoms with Crippen LogP contribution in [0.25, 0.3) is 0 Å². The van der Waals surface area contributed by atoms with Crippen LogP contribution in [-0.2, 0) is 10.5 Å². The molecule has 1 amide bonds. The van der Waals surface area contributed by atoms with Gasteiger partial charge in [0.15, 0.2) is 0 Å². The Morgan fingerprint density at radius 2 is 2.00 bits per heavy atom. The van der Waals surface area contributed by atoms with Crippen LogP contribution in [0.4, 0.5) is 5.69 Å². The Morgan fingerprint density at radius 1 is 1.30 bits per heavy atom. The molecule has 2 aromatic carbocycles. The molecule has 5 heteroatoms. The summed E-state index contributed by atoms with van der Waals surface area (Å²) in [4.78, 5) is 12.4. The van der Waals surface area contributed by atoms with Crippen LogP contribution >= 0.6 is 23.4 Å². The average Bonchev–Trinajstić information content (AvgIpc) is 2.56. The summed E-state index contributed by atoms with van der Waals surface area (Å²) in [5.41, 5.74) is 2.75. The number of aryl methyl sites for hydroxylation is 1. The van der Waals surface area contributed by atoms with E-state index in [4.69, 9.17) is 16.3 Å². The fourth-order valence-electron chi connectivity index (χ4n) is 2.04. The summed E-state index contributed by atoms with van der Waals surface area (Å²) < 4.78 is 5.29. The number of benzene rings is 2. The van der Waals surface area contributed by atoms with Gasteiger partial charge in [0.05, 0.1) is 18.0 Å². The van der Waals surface area contributed by atoms with E-state index in [1.54, 1.807) is 24.9 Å². The van der Waals surface area contributed by atoms with Crippen molar-refractivity contribution in [2.45, 2.75) is 24.9 Å². The van der Waals surface area contributed by atoms with Crippen LogP contribution in [0, 0.1) is 6.92 Å². The Labute approximate surface area is 146 Å². The van der Waals surface area contributed by atoms with Gasteiger partial charge in [-0.15, -0.1) is 11.8 Å². The second-order valence-corrected chi connectivity index (χ2v) is 6.97. The highest BCUT2D eigenvalue weighted by Crippen LogP contribution is 2.31. The van der Waals surface area contributed by atoms with Crippen LogP contribution in [-0.4, -0.2) is 18.3 Å². The van der Waals surface area contributed by atoms with E-state index < -0.39 is 0 Å². The Hall–Kier alpha value is -1.65. The summed E-state index contributed by atoms with van der Waals surface area (Å²) in [5, 5.41) is 3.37. The zero-order chi connectivity index (χ0) is 16.8. The van der Waals surface area contributed by atoms with Crippen molar-refractivity contribution in [1.29, 1.82) is 0 Å². The van der Waals surface area contributed by atoms with Gasteiger partial charge in [-0.05, 0) is 31.0 Å². The van der Waals surface area contributed by atoms with Crippen LogP contribution in [0.1, 0.15) is 18.1 Å². The SMILES string of the molecule is COc1cc(Cl)c(C)cc1NC(=O)C(C)SCc1ccccc1. The van der Waals surface area contributed by atoms with E-state index in [0.29, 0.717) is 16.5 Å². The lowest BCUT2D eigenvalue weighted by Crippen LogP contribution is -2.23. The predicted octanol–water partition coefficient (Wildman–Crippen LogP) is 4.92. The van der Waals surface area contributed by atoms with Crippen molar-refractivity contribution in [3.63, 3.8) is 0 Å². The molecule has 0 bridgehead atoms. The molecule has 0 aliphatic rings. The summed E-state index contributed by atoms with van der Waals surface area (Å²) in [6, 6.07) is 13.7. The second-order valence-electron chi connectivity index (χ2n) is 5.23. The summed E-state index contributed by atoms with van der Waals surface area (Å²) in [6.07, 6.45) is 0. The second kappa shape index (κ2) is 8.27. The number of ether oxygens (including phenoxy) is 1. The lowest BCUT2D eigenvalue weighted by molar-refractivity contribution is -0.115. The Bertz CT molecular complexity index is 676. The first kappa shape index (κ1) is 17.7. The van der Waals surface area contributed by atoms with Gasteiger partial charge in [-0.1, -0.05) is 41.9 Å². The molecule has 1 unspecified atom stereocenters. The maximum Gasteiger partial charge on any atom is 0.237 e. The molecular formula is C18H20ClNO2S. The van der Waals surface area contributed by atoms with Crippen LogP contribution < -0.4 is 10.1 Å². The fraction of sp³-hybridized carbons (Fsp3) is 0.278. The van der Waals surface area contributed by atoms with Crippen molar-refractivity contribution in [3.05, 3.63) is 58.6 Å². The van der Waals surface area contributed by atoms with Gasteiger partial charge >= 0.3 is 0 Å². The van der Waals surface area contributed by atoms with Crippen molar-refractivity contribution in [3.8, 4) is 5.75 Å². The standard InChI is InChI=1S/C18H20ClNO2S/c1-12-9-16(17(22-3)10-15(12)19)20-18(21)13(2)23-11-14-7-5-4-6-8-14/h4-10,13H,11H2,1-3H3,(H,20,21). The van der Waals surface area contributed by atoms with Crippen molar-refractivity contribution in [1.82, 2.24) is 0 Å². The molecule has 122 valence electrons. The van der Waals surface area contributed by atoms with E-state index in [2.05, 4.69) is 17.4 Å². The van der Waals surface area contributed by atoms with E-state index in [9.17, 15) is 4.79 Å². The van der Waals surface area contributed by atoms with Crippen molar-refractivity contribution in [2.75, 3.05) is 12.4 Å². The number of nitrogens with one attached hydrogen (secondary N) is 1. The van der Waals surface area contributed by atoms with E-state index in [1.165, 1.54) is 5.56 Å². The number of carbonyl (C=O) groups is 1. The van der Waals surface area contributed by atoms with E-state index >= 15 is 0 Å². The highest BCUT2D eigenvalue weighted by atomic mass is 35.5. The molecule has 23 heavy (non-hydrogen) atoms. The van der Waals surface area contributed by atoms with E-state index in [-0.39, 0.29) is 11.2 Å². The minimum absolute atomic E-state index is 0.0500. The minimum atomic E-state index is -0.170. The zero-order valence-electron chi connectivity index (χ0n) is 13.4. The van der Waals surface area contributed by atoms with Crippen LogP contribution in [0.15, 0.2) is 42.5 Å². The van der Waals surface area contributed by atoms with Crippen LogP contribution in [0.3, 0.4) is 0 Å². The third-order valence-corrected chi connectivity index (χ3v) is 5.07. The zero-order valence-corrected chi connectivity index (χ0v) is 15.0. The Balaban J connectivity index is 1.99. The van der Waals surface area contributed by atoms with Gasteiger partial charge in [0, 0.05) is 16.8 Å². The molecule has 0 fully saturated rings. The number of halogens is 1. The Morgan fingerprint density at radius 3 is 2.65 bits per heavy atom. The molecule has 2 aromatic rings. The highest BCUT2D eigenvalue weighted by molar-refractivity contribution is 7.99. The topological polar surface area (TPSA) is 38.3 Å². The molecule has 0 aliphatic heterocycles. The molecule has 3 nitrogen and oxygen atoms in total. The molecule has 0 spiro atoms. The largest absolute Gasteiger partial charge is 0.495 e. The quantitative estimate of drug-likeness (QED) is 0.804. The number of methoxy groups -OCH3 is 1. The monoisotopic (exact) mass is 349 g/mol. The Kier molecular flexibility index (Phi) is 6.37. The fourth-order valence-corrected chi connectivity index (χ4v) is 3.03. The number of carbonyl (C=O) groups excluding carboxylic acids is 1. The van der Waals surface area contributed by atoms with Gasteiger partial charge in [-0.3, -0.25) is 4.79 Å². The van der Waals surface area contributed by atoms with Crippen LogP contribution in [0.2, 0.25) is 5.02 Å². The van der Waals surface area contributed by atoms with Gasteiger partial charge in [0.2, 0.25) is 5.91 Å². The molecule has 0 saturated carbocycles. The first-order valence-corrected chi connectivity index (χ1v) is 8.74. The number of anilines is 1. The van der Waals surface area contributed by atoms with Crippen LogP contribution in [0.5, 0.6) is 5.75 Å². The average molecular weight is 350 g/mol. The summed E-state index contributed by atoms with van der Waals surface area (Å²) in [7, 11) is 1.56. The molecule has 0 heterocycles. The molecular weight excluding hydrogens is 330 g/mol. The maximum absolute atomic E-state index is 12.4. The number of amides is 1. The van der Waals surface area contributed by atoms with E-state index in [1.807, 2.05) is 38.1 Å². The van der Waals surface area contributed by atoms with Gasteiger partial charge < -0.3 is 10.1 Å². The van der Waals surface area contributed by atoms with E-state index in [0.717, 1.165) is 11.3 Å². The number of hydrogen-bond acceptors (Lipinski definition) is 3. The minimum Gasteiger partial charge on any atom is -0.495 e. The predicted molar refractivity (Wildman–Crippen MR) is 98.6 cm³/mol. The molecule has 1 N–H and O–H groups in total. The molecule has 2 rings (SSSR count). The van der Waals surface area contributed by atoms with Gasteiger partial charge in [0.1, 0.15) is 5.75 Å². The van der Waals surface area contributed by atoms with Gasteiger partial charge in [-0.25, -0.2) is 0 Å². The van der Waals surface area contributed by atoms with Gasteiger partial charge in [-0.2, -0.15) is 0 Å². The smallest absolute Gasteiger partial charge is 0.237 e. The molecule has 0 aliphatic carbocycles. The van der Waals surface area contributed by atoms with Crippen molar-refractivity contribution < 1.29 is 9.53 Å². The first-order chi connectivity index (χ1) is 11.0. The maximum atomic E-state index is 12.4. The lowest BCUT2D eigenvalue weighted by atomic mass is 10.2. The first-order valence-electron chi connectivity index (χ1n) is 7.31. The highest BCUT2D eigenvalue weighted by Gasteiger charge is 2.16. The number of rotatable bonds is 6. The summed E-state index contributed by atoms with van der Waals surface area (Å²) in [6.45, 7) is 3.79. The van der Waals surface area contributed by atoms with Gasteiger partial charge in [0.25, 0.3) is 0 Å². The molecule has 0 aromatic heterocycles. The molecule has 1 atom stereocenters. The van der Waals surface area contributed by atoms with Crippen molar-refractivity contribution >= 4 is 35.0 Å². The lowest BCUT2D eigenvalue weighted by Gasteiger charge is -2.15. The summed E-state index contributed by atoms with van der Waals surface area (Å²) >= 11 is 7.68. The third kappa shape index (κ3) is 4.91. The molecule has 0 radical (unpaired) electrons. The summed E-state index contributed by atoms with van der Waals surface area (Å²) in [5.74, 6) is 1.31. The molecule has 0 saturated heterocycles. The number of hydrogen-bond donors (Lipinski definition) is 1. The third-order valence-electron chi connectivity index (χ3n) is 3.45. The van der Waals surface area contributed by atoms with Crippen molar-refractivity contribution in [2.24, 2.45) is 0 Å². The normalized spacial score (nSPS) is 11.8. The number of thioether (sulfide) groups is 1.